The number of rotatable bonds is 5. The summed E-state index contributed by atoms with van der Waals surface area (Å²) < 4.78 is 18.6. The van der Waals surface area contributed by atoms with E-state index in [0.29, 0.717) is 18.1 Å². The maximum absolute atomic E-state index is 12.9. The molecule has 1 aliphatic carbocycles. The minimum atomic E-state index is -0.365. The quantitative estimate of drug-likeness (QED) is 0.751. The number of Topliss-reactive ketones (excluding diaryl/α,β-unsaturated/α-hetero) is 1. The number of ketones is 1. The molecule has 0 heterocycles. The van der Waals surface area contributed by atoms with E-state index in [-0.39, 0.29) is 17.7 Å². The van der Waals surface area contributed by atoms with Crippen LogP contribution in [0.4, 0.5) is 4.39 Å². The molecule has 0 aliphatic heterocycles. The zero-order chi connectivity index (χ0) is 13.7. The van der Waals surface area contributed by atoms with Crippen LogP contribution in [0.2, 0.25) is 0 Å². The Bertz CT molecular complexity index is 407. The molecular formula is C16H21FO2. The standard InChI is InChI=1S/C16H21FO2/c1-2-19-16(13-6-4-3-5-7-13)15(18)12-8-10-14(17)11-9-12/h8-11,13,16H,2-7H2,1H3. The lowest BCUT2D eigenvalue weighted by atomic mass is 9.82. The van der Waals surface area contributed by atoms with Gasteiger partial charge in [-0.05, 0) is 49.9 Å². The molecule has 1 aliphatic rings. The summed E-state index contributed by atoms with van der Waals surface area (Å²) in [6, 6.07) is 5.76. The summed E-state index contributed by atoms with van der Waals surface area (Å²) in [5.41, 5.74) is 0.547. The molecule has 1 atom stereocenters. The Kier molecular flexibility index (Phi) is 5.08. The minimum Gasteiger partial charge on any atom is -0.370 e. The highest BCUT2D eigenvalue weighted by Gasteiger charge is 2.30. The molecule has 0 saturated heterocycles. The fourth-order valence-electron chi connectivity index (χ4n) is 2.82. The molecule has 2 rings (SSSR count). The molecule has 0 amide bonds. The van der Waals surface area contributed by atoms with E-state index >= 15 is 0 Å². The molecule has 0 aromatic heterocycles. The zero-order valence-corrected chi connectivity index (χ0v) is 11.4. The Balaban J connectivity index is 2.13. The Labute approximate surface area is 114 Å². The van der Waals surface area contributed by atoms with Gasteiger partial charge in [-0.25, -0.2) is 4.39 Å². The van der Waals surface area contributed by atoms with Gasteiger partial charge < -0.3 is 4.74 Å². The monoisotopic (exact) mass is 264 g/mol. The number of halogens is 1. The van der Waals surface area contributed by atoms with Gasteiger partial charge in [0.1, 0.15) is 11.9 Å². The van der Waals surface area contributed by atoms with Crippen LogP contribution in [0, 0.1) is 11.7 Å². The second-order valence-electron chi connectivity index (χ2n) is 5.15. The summed E-state index contributed by atoms with van der Waals surface area (Å²) in [5, 5.41) is 0. The van der Waals surface area contributed by atoms with Crippen LogP contribution in [0.15, 0.2) is 24.3 Å². The number of hydrogen-bond acceptors (Lipinski definition) is 2. The maximum Gasteiger partial charge on any atom is 0.191 e. The Hall–Kier alpha value is -1.22. The molecule has 19 heavy (non-hydrogen) atoms. The smallest absolute Gasteiger partial charge is 0.191 e. The number of carbonyl (C=O) groups excluding carboxylic acids is 1. The fraction of sp³-hybridized carbons (Fsp3) is 0.562. The largest absolute Gasteiger partial charge is 0.370 e. The molecule has 1 unspecified atom stereocenters. The Morgan fingerprint density at radius 2 is 1.89 bits per heavy atom. The van der Waals surface area contributed by atoms with Gasteiger partial charge in [0.2, 0.25) is 0 Å². The molecule has 0 radical (unpaired) electrons. The lowest BCUT2D eigenvalue weighted by Gasteiger charge is -2.29. The molecular weight excluding hydrogens is 243 g/mol. The van der Waals surface area contributed by atoms with Crippen LogP contribution in [-0.4, -0.2) is 18.5 Å². The van der Waals surface area contributed by atoms with Crippen LogP contribution >= 0.6 is 0 Å². The molecule has 1 aromatic carbocycles. The van der Waals surface area contributed by atoms with Crippen LogP contribution < -0.4 is 0 Å². The van der Waals surface area contributed by atoms with Crippen LogP contribution in [0.3, 0.4) is 0 Å². The average molecular weight is 264 g/mol. The lowest BCUT2D eigenvalue weighted by Crippen LogP contribution is -2.34. The molecule has 0 N–H and O–H groups in total. The van der Waals surface area contributed by atoms with Crippen molar-refractivity contribution >= 4 is 5.78 Å². The number of hydrogen-bond donors (Lipinski definition) is 0. The van der Waals surface area contributed by atoms with Crippen LogP contribution in [0.5, 0.6) is 0 Å². The van der Waals surface area contributed by atoms with Gasteiger partial charge in [-0.2, -0.15) is 0 Å². The van der Waals surface area contributed by atoms with Gasteiger partial charge in [0.15, 0.2) is 5.78 Å². The van der Waals surface area contributed by atoms with Crippen molar-refractivity contribution in [1.82, 2.24) is 0 Å². The molecule has 0 bridgehead atoms. The van der Waals surface area contributed by atoms with Gasteiger partial charge in [-0.3, -0.25) is 4.79 Å². The highest BCUT2D eigenvalue weighted by molar-refractivity contribution is 5.99. The fourth-order valence-corrected chi connectivity index (χ4v) is 2.82. The first-order chi connectivity index (χ1) is 9.22. The highest BCUT2D eigenvalue weighted by Crippen LogP contribution is 2.29. The molecule has 1 fully saturated rings. The Morgan fingerprint density at radius 1 is 1.26 bits per heavy atom. The van der Waals surface area contributed by atoms with E-state index in [9.17, 15) is 9.18 Å². The molecule has 0 spiro atoms. The van der Waals surface area contributed by atoms with Crippen molar-refractivity contribution in [2.45, 2.75) is 45.1 Å². The van der Waals surface area contributed by atoms with Crippen molar-refractivity contribution in [3.8, 4) is 0 Å². The van der Waals surface area contributed by atoms with E-state index in [1.807, 2.05) is 6.92 Å². The minimum absolute atomic E-state index is 0.00579. The van der Waals surface area contributed by atoms with Crippen molar-refractivity contribution in [3.05, 3.63) is 35.6 Å². The Morgan fingerprint density at radius 3 is 2.47 bits per heavy atom. The molecule has 1 aromatic rings. The van der Waals surface area contributed by atoms with Crippen LogP contribution in [0.25, 0.3) is 0 Å². The molecule has 104 valence electrons. The molecule has 1 saturated carbocycles. The second-order valence-corrected chi connectivity index (χ2v) is 5.15. The molecule has 3 heteroatoms. The van der Waals surface area contributed by atoms with Gasteiger partial charge in [-0.15, -0.1) is 0 Å². The van der Waals surface area contributed by atoms with Crippen molar-refractivity contribution in [3.63, 3.8) is 0 Å². The van der Waals surface area contributed by atoms with E-state index in [4.69, 9.17) is 4.74 Å². The summed E-state index contributed by atoms with van der Waals surface area (Å²) in [4.78, 5) is 12.5. The lowest BCUT2D eigenvalue weighted by molar-refractivity contribution is 0.0127. The summed E-state index contributed by atoms with van der Waals surface area (Å²) in [6.07, 6.45) is 5.33. The summed E-state index contributed by atoms with van der Waals surface area (Å²) in [6.45, 7) is 2.45. The zero-order valence-electron chi connectivity index (χ0n) is 11.4. The van der Waals surface area contributed by atoms with E-state index < -0.39 is 0 Å². The number of carbonyl (C=O) groups is 1. The third kappa shape index (κ3) is 3.63. The number of benzene rings is 1. The van der Waals surface area contributed by atoms with Gasteiger partial charge in [0.05, 0.1) is 0 Å². The van der Waals surface area contributed by atoms with E-state index in [1.165, 1.54) is 31.4 Å². The predicted molar refractivity (Wildman–Crippen MR) is 72.7 cm³/mol. The van der Waals surface area contributed by atoms with Crippen molar-refractivity contribution in [2.24, 2.45) is 5.92 Å². The first-order valence-corrected chi connectivity index (χ1v) is 7.13. The van der Waals surface area contributed by atoms with Crippen molar-refractivity contribution in [2.75, 3.05) is 6.61 Å². The van der Waals surface area contributed by atoms with Gasteiger partial charge in [0, 0.05) is 12.2 Å². The third-order valence-electron chi connectivity index (χ3n) is 3.81. The second kappa shape index (κ2) is 6.80. The summed E-state index contributed by atoms with van der Waals surface area (Å²) in [7, 11) is 0. The predicted octanol–water partition coefficient (Wildman–Crippen LogP) is 3.99. The van der Waals surface area contributed by atoms with Gasteiger partial charge in [-0.1, -0.05) is 19.3 Å². The number of ether oxygens (including phenoxy) is 1. The normalized spacial score (nSPS) is 18.2. The topological polar surface area (TPSA) is 26.3 Å². The maximum atomic E-state index is 12.9. The van der Waals surface area contributed by atoms with Crippen LogP contribution in [0.1, 0.15) is 49.4 Å². The van der Waals surface area contributed by atoms with E-state index in [0.717, 1.165) is 12.8 Å². The average Bonchev–Trinajstić information content (AvgIpc) is 2.46. The van der Waals surface area contributed by atoms with Gasteiger partial charge in [0.25, 0.3) is 0 Å². The molecule has 2 nitrogen and oxygen atoms in total. The van der Waals surface area contributed by atoms with E-state index in [1.54, 1.807) is 12.1 Å². The SMILES string of the molecule is CCOC(C(=O)c1ccc(F)cc1)C1CCCCC1. The summed E-state index contributed by atoms with van der Waals surface area (Å²) >= 11 is 0. The van der Waals surface area contributed by atoms with Crippen molar-refractivity contribution < 1.29 is 13.9 Å². The third-order valence-corrected chi connectivity index (χ3v) is 3.81. The summed E-state index contributed by atoms with van der Waals surface area (Å²) in [5.74, 6) is -0.0119. The van der Waals surface area contributed by atoms with E-state index in [2.05, 4.69) is 0 Å². The first kappa shape index (κ1) is 14.2. The highest BCUT2D eigenvalue weighted by atomic mass is 19.1. The van der Waals surface area contributed by atoms with Crippen molar-refractivity contribution in [1.29, 1.82) is 0 Å². The van der Waals surface area contributed by atoms with Gasteiger partial charge >= 0.3 is 0 Å². The van der Waals surface area contributed by atoms with Crippen LogP contribution in [-0.2, 0) is 4.74 Å². The first-order valence-electron chi connectivity index (χ1n) is 7.13.